The Morgan fingerprint density at radius 2 is 2.17 bits per heavy atom. The van der Waals surface area contributed by atoms with E-state index in [-0.39, 0.29) is 5.69 Å². The van der Waals surface area contributed by atoms with Crippen LogP contribution in [0.5, 0.6) is 0 Å². The lowest BCUT2D eigenvalue weighted by molar-refractivity contribution is 0.0993. The molecule has 1 amide bonds. The van der Waals surface area contributed by atoms with Crippen LogP contribution in [0.3, 0.4) is 0 Å². The van der Waals surface area contributed by atoms with E-state index >= 15 is 0 Å². The lowest BCUT2D eigenvalue weighted by Gasteiger charge is -1.99. The largest absolute Gasteiger partial charge is 0.364 e. The maximum absolute atomic E-state index is 10.8. The van der Waals surface area contributed by atoms with Crippen LogP contribution in [-0.2, 0) is 0 Å². The number of rotatable bonds is 2. The first-order chi connectivity index (χ1) is 5.65. The molecule has 0 saturated heterocycles. The van der Waals surface area contributed by atoms with Gasteiger partial charge in [-0.3, -0.25) is 4.79 Å². The first kappa shape index (κ1) is 8.92. The molecular formula is C6H8N4OS. The maximum atomic E-state index is 10.8. The van der Waals surface area contributed by atoms with Crippen LogP contribution in [0.25, 0.3) is 0 Å². The fourth-order valence-corrected chi connectivity index (χ4v) is 0.989. The van der Waals surface area contributed by atoms with Crippen molar-refractivity contribution in [2.45, 2.75) is 12.1 Å². The van der Waals surface area contributed by atoms with Crippen molar-refractivity contribution in [2.75, 3.05) is 6.26 Å². The van der Waals surface area contributed by atoms with E-state index in [2.05, 4.69) is 15.2 Å². The van der Waals surface area contributed by atoms with Crippen LogP contribution in [0.15, 0.2) is 5.16 Å². The number of carbonyl (C=O) groups is 1. The van der Waals surface area contributed by atoms with Gasteiger partial charge in [0.05, 0.1) is 5.69 Å². The summed E-state index contributed by atoms with van der Waals surface area (Å²) in [5.41, 5.74) is 5.71. The molecule has 64 valence electrons. The molecule has 2 N–H and O–H groups in total. The van der Waals surface area contributed by atoms with E-state index in [1.807, 2.05) is 0 Å². The zero-order valence-corrected chi connectivity index (χ0v) is 7.55. The van der Waals surface area contributed by atoms with Gasteiger partial charge in [0, 0.05) is 0 Å². The average molecular weight is 184 g/mol. The molecular weight excluding hydrogens is 176 g/mol. The quantitative estimate of drug-likeness (QED) is 0.654. The number of hydrogen-bond donors (Lipinski definition) is 1. The Kier molecular flexibility index (Phi) is 2.59. The summed E-state index contributed by atoms with van der Waals surface area (Å²) in [5, 5.41) is 7.92. The fraction of sp³-hybridized carbons (Fsp3) is 0.333. The first-order valence-corrected chi connectivity index (χ1v) is 4.42. The van der Waals surface area contributed by atoms with Crippen LogP contribution in [-0.4, -0.2) is 27.3 Å². The van der Waals surface area contributed by atoms with E-state index in [4.69, 9.17) is 5.73 Å². The molecule has 1 aromatic heterocycles. The number of hydrogen-bond acceptors (Lipinski definition) is 5. The van der Waals surface area contributed by atoms with Crippen molar-refractivity contribution >= 4 is 17.7 Å². The standard InChI is InChI=1S/C6H8N4OS/c1-3-4(5(7)11)8-6(12-2)10-9-3/h1-2H3,(H2,7,11). The number of primary amides is 1. The van der Waals surface area contributed by atoms with Crippen LogP contribution >= 0.6 is 11.8 Å². The summed E-state index contributed by atoms with van der Waals surface area (Å²) in [5.74, 6) is -0.572. The summed E-state index contributed by atoms with van der Waals surface area (Å²) in [6, 6.07) is 0. The number of carbonyl (C=O) groups excluding carboxylic acids is 1. The van der Waals surface area contributed by atoms with Gasteiger partial charge in [0.15, 0.2) is 5.69 Å². The summed E-state index contributed by atoms with van der Waals surface area (Å²) < 4.78 is 0. The molecule has 0 aromatic carbocycles. The Labute approximate surface area is 73.8 Å². The number of amides is 1. The Morgan fingerprint density at radius 1 is 1.50 bits per heavy atom. The molecule has 5 nitrogen and oxygen atoms in total. The molecule has 1 aromatic rings. The molecule has 6 heteroatoms. The normalized spacial score (nSPS) is 9.83. The molecule has 1 rings (SSSR count). The van der Waals surface area contributed by atoms with Gasteiger partial charge in [0.25, 0.3) is 5.91 Å². The number of aromatic nitrogens is 3. The van der Waals surface area contributed by atoms with Crippen molar-refractivity contribution in [2.24, 2.45) is 5.73 Å². The summed E-state index contributed by atoms with van der Waals surface area (Å²) in [6.07, 6.45) is 1.80. The Bertz CT molecular complexity index is 314. The lowest BCUT2D eigenvalue weighted by Crippen LogP contribution is -2.16. The van der Waals surface area contributed by atoms with E-state index in [1.165, 1.54) is 11.8 Å². The molecule has 0 spiro atoms. The van der Waals surface area contributed by atoms with E-state index in [1.54, 1.807) is 13.2 Å². The van der Waals surface area contributed by atoms with Crippen molar-refractivity contribution in [1.82, 2.24) is 15.2 Å². The number of aryl methyl sites for hydroxylation is 1. The van der Waals surface area contributed by atoms with Crippen molar-refractivity contribution in [3.8, 4) is 0 Å². The average Bonchev–Trinajstić information content (AvgIpc) is 2.05. The third kappa shape index (κ3) is 1.70. The minimum absolute atomic E-state index is 0.189. The molecule has 0 fully saturated rings. The van der Waals surface area contributed by atoms with Gasteiger partial charge < -0.3 is 5.73 Å². The van der Waals surface area contributed by atoms with Crippen LogP contribution in [0.2, 0.25) is 0 Å². The minimum Gasteiger partial charge on any atom is -0.364 e. The van der Waals surface area contributed by atoms with Gasteiger partial charge in [-0.1, -0.05) is 11.8 Å². The molecule has 12 heavy (non-hydrogen) atoms. The van der Waals surface area contributed by atoms with Crippen LogP contribution in [0.4, 0.5) is 0 Å². The smallest absolute Gasteiger partial charge is 0.269 e. The van der Waals surface area contributed by atoms with E-state index in [9.17, 15) is 4.79 Å². The van der Waals surface area contributed by atoms with Gasteiger partial charge in [-0.05, 0) is 13.2 Å². The topological polar surface area (TPSA) is 81.8 Å². The molecule has 0 unspecified atom stereocenters. The second-order valence-electron chi connectivity index (χ2n) is 2.10. The summed E-state index contributed by atoms with van der Waals surface area (Å²) in [7, 11) is 0. The zero-order chi connectivity index (χ0) is 9.14. The van der Waals surface area contributed by atoms with Crippen molar-refractivity contribution in [3.05, 3.63) is 11.4 Å². The van der Waals surface area contributed by atoms with Crippen LogP contribution in [0, 0.1) is 6.92 Å². The predicted molar refractivity (Wildman–Crippen MR) is 44.9 cm³/mol. The molecule has 0 aliphatic carbocycles. The van der Waals surface area contributed by atoms with Crippen LogP contribution in [0.1, 0.15) is 16.2 Å². The number of nitrogens with two attached hydrogens (primary N) is 1. The third-order valence-corrected chi connectivity index (χ3v) is 1.79. The molecule has 0 radical (unpaired) electrons. The molecule has 0 atom stereocenters. The van der Waals surface area contributed by atoms with Gasteiger partial charge in [-0.15, -0.1) is 5.10 Å². The highest BCUT2D eigenvalue weighted by molar-refractivity contribution is 7.98. The Balaban J connectivity index is 3.17. The van der Waals surface area contributed by atoms with Gasteiger partial charge >= 0.3 is 0 Å². The highest BCUT2D eigenvalue weighted by Crippen LogP contribution is 2.08. The van der Waals surface area contributed by atoms with Gasteiger partial charge in [0.2, 0.25) is 5.16 Å². The summed E-state index contributed by atoms with van der Waals surface area (Å²) in [4.78, 5) is 14.7. The third-order valence-electron chi connectivity index (χ3n) is 1.25. The second kappa shape index (κ2) is 3.48. The van der Waals surface area contributed by atoms with Gasteiger partial charge in [-0.2, -0.15) is 5.10 Å². The molecule has 0 bridgehead atoms. The molecule has 1 heterocycles. The predicted octanol–water partition coefficient (Wildman–Crippen LogP) is 0.000820. The minimum atomic E-state index is -0.572. The van der Waals surface area contributed by atoms with E-state index in [0.717, 1.165) is 0 Å². The Hall–Kier alpha value is -1.17. The zero-order valence-electron chi connectivity index (χ0n) is 6.74. The van der Waals surface area contributed by atoms with E-state index in [0.29, 0.717) is 10.9 Å². The SMILES string of the molecule is CSc1nnc(C)c(C(N)=O)n1. The fourth-order valence-electron chi connectivity index (χ4n) is 0.684. The van der Waals surface area contributed by atoms with Crippen molar-refractivity contribution in [3.63, 3.8) is 0 Å². The lowest BCUT2D eigenvalue weighted by atomic mass is 10.3. The summed E-state index contributed by atoms with van der Waals surface area (Å²) in [6.45, 7) is 1.64. The number of nitrogens with zero attached hydrogens (tertiary/aromatic N) is 3. The first-order valence-electron chi connectivity index (χ1n) is 3.20. The second-order valence-corrected chi connectivity index (χ2v) is 2.87. The number of thioether (sulfide) groups is 1. The monoisotopic (exact) mass is 184 g/mol. The molecule has 0 saturated carbocycles. The van der Waals surface area contributed by atoms with Crippen molar-refractivity contribution < 1.29 is 4.79 Å². The Morgan fingerprint density at radius 3 is 2.67 bits per heavy atom. The highest BCUT2D eigenvalue weighted by Gasteiger charge is 2.09. The highest BCUT2D eigenvalue weighted by atomic mass is 32.2. The van der Waals surface area contributed by atoms with Gasteiger partial charge in [-0.25, -0.2) is 4.98 Å². The van der Waals surface area contributed by atoms with Crippen LogP contribution < -0.4 is 5.73 Å². The molecule has 0 aliphatic rings. The van der Waals surface area contributed by atoms with E-state index < -0.39 is 5.91 Å². The summed E-state index contributed by atoms with van der Waals surface area (Å²) >= 11 is 1.32. The maximum Gasteiger partial charge on any atom is 0.269 e. The molecule has 0 aliphatic heterocycles. The van der Waals surface area contributed by atoms with Gasteiger partial charge in [0.1, 0.15) is 0 Å². The van der Waals surface area contributed by atoms with Crippen molar-refractivity contribution in [1.29, 1.82) is 0 Å².